The molecule has 2 N–H and O–H groups in total. The molecule has 0 unspecified atom stereocenters. The van der Waals surface area contributed by atoms with E-state index in [2.05, 4.69) is 34.9 Å². The molecule has 0 bridgehead atoms. The zero-order valence-corrected chi connectivity index (χ0v) is 18.5. The lowest BCUT2D eigenvalue weighted by Crippen LogP contribution is -2.11. The number of rotatable bonds is 11. The van der Waals surface area contributed by atoms with Crippen LogP contribution in [0.5, 0.6) is 0 Å². The van der Waals surface area contributed by atoms with Gasteiger partial charge in [0.15, 0.2) is 0 Å². The fourth-order valence-corrected chi connectivity index (χ4v) is 3.52. The van der Waals surface area contributed by atoms with E-state index in [0.29, 0.717) is 13.0 Å². The average Bonchev–Trinajstić information content (AvgIpc) is 2.81. The summed E-state index contributed by atoms with van der Waals surface area (Å²) in [6.07, 6.45) is 1.40. The van der Waals surface area contributed by atoms with Crippen LogP contribution in [0.15, 0.2) is 78.9 Å². The van der Waals surface area contributed by atoms with Gasteiger partial charge in [-0.2, -0.15) is 13.2 Å². The normalized spacial score (nSPS) is 11.2. The molecule has 6 heteroatoms. The molecular weight excluding hydrogens is 425 g/mol. The maximum atomic E-state index is 12.6. The first-order chi connectivity index (χ1) is 15.9. The van der Waals surface area contributed by atoms with Crippen molar-refractivity contribution < 1.29 is 18.0 Å². The van der Waals surface area contributed by atoms with Gasteiger partial charge in [-0.3, -0.25) is 4.79 Å². The SMILES string of the molecule is O=C(CCCCCCc1ccccc1)Nc1ccc(NCc2ccc(C(F)(F)F)cc2)cc1. The number of amides is 1. The van der Waals surface area contributed by atoms with Crippen LogP contribution in [0.2, 0.25) is 0 Å². The first kappa shape index (κ1) is 24.4. The van der Waals surface area contributed by atoms with Crippen molar-refractivity contribution in [2.75, 3.05) is 10.6 Å². The van der Waals surface area contributed by atoms with Crippen molar-refractivity contribution in [3.63, 3.8) is 0 Å². The highest BCUT2D eigenvalue weighted by molar-refractivity contribution is 5.90. The molecule has 174 valence electrons. The van der Waals surface area contributed by atoms with Gasteiger partial charge in [0.2, 0.25) is 5.91 Å². The number of carbonyl (C=O) groups is 1. The van der Waals surface area contributed by atoms with E-state index >= 15 is 0 Å². The molecule has 0 aromatic heterocycles. The zero-order chi connectivity index (χ0) is 23.5. The standard InChI is InChI=1S/C27H29F3N2O/c28-27(29,30)23-14-12-22(13-15-23)20-31-24-16-18-25(19-17-24)32-26(33)11-7-2-1-4-8-21-9-5-3-6-10-21/h3,5-6,9-10,12-19,31H,1-2,4,7-8,11,20H2,(H,32,33). The van der Waals surface area contributed by atoms with E-state index in [9.17, 15) is 18.0 Å². The number of anilines is 2. The van der Waals surface area contributed by atoms with Crippen molar-refractivity contribution in [1.82, 2.24) is 0 Å². The summed E-state index contributed by atoms with van der Waals surface area (Å²) in [6, 6.07) is 22.8. The van der Waals surface area contributed by atoms with Gasteiger partial charge in [0.25, 0.3) is 0 Å². The van der Waals surface area contributed by atoms with Crippen molar-refractivity contribution in [3.8, 4) is 0 Å². The number of unbranched alkanes of at least 4 members (excludes halogenated alkanes) is 3. The van der Waals surface area contributed by atoms with E-state index in [4.69, 9.17) is 0 Å². The Morgan fingerprint density at radius 3 is 2.00 bits per heavy atom. The van der Waals surface area contributed by atoms with Crippen molar-refractivity contribution in [2.24, 2.45) is 0 Å². The first-order valence-corrected chi connectivity index (χ1v) is 11.2. The van der Waals surface area contributed by atoms with Crippen LogP contribution in [0.3, 0.4) is 0 Å². The Kier molecular flexibility index (Phi) is 8.93. The molecule has 3 nitrogen and oxygen atoms in total. The summed E-state index contributed by atoms with van der Waals surface area (Å²) in [5.74, 6) is 0.00326. The lowest BCUT2D eigenvalue weighted by molar-refractivity contribution is -0.137. The smallest absolute Gasteiger partial charge is 0.381 e. The van der Waals surface area contributed by atoms with E-state index in [1.54, 1.807) is 0 Å². The molecule has 0 aliphatic carbocycles. The molecule has 0 aliphatic heterocycles. The van der Waals surface area contributed by atoms with Crippen LogP contribution in [0.25, 0.3) is 0 Å². The van der Waals surface area contributed by atoms with Gasteiger partial charge in [-0.05, 0) is 66.8 Å². The predicted octanol–water partition coefficient (Wildman–Crippen LogP) is 7.45. The van der Waals surface area contributed by atoms with Crippen molar-refractivity contribution in [2.45, 2.75) is 51.2 Å². The molecular formula is C27H29F3N2O. The van der Waals surface area contributed by atoms with E-state index in [1.807, 2.05) is 30.3 Å². The van der Waals surface area contributed by atoms with Crippen molar-refractivity contribution in [3.05, 3.63) is 95.6 Å². The second kappa shape index (κ2) is 12.1. The third kappa shape index (κ3) is 8.64. The van der Waals surface area contributed by atoms with E-state index in [1.165, 1.54) is 17.7 Å². The number of aryl methyl sites for hydroxylation is 1. The summed E-state index contributed by atoms with van der Waals surface area (Å²) in [4.78, 5) is 12.2. The molecule has 0 atom stereocenters. The van der Waals surface area contributed by atoms with Gasteiger partial charge in [0, 0.05) is 24.3 Å². The molecule has 0 fully saturated rings. The molecule has 0 radical (unpaired) electrons. The summed E-state index contributed by atoms with van der Waals surface area (Å²) >= 11 is 0. The Balaban J connectivity index is 1.32. The second-order valence-corrected chi connectivity index (χ2v) is 8.07. The van der Waals surface area contributed by atoms with Crippen molar-refractivity contribution >= 4 is 17.3 Å². The summed E-state index contributed by atoms with van der Waals surface area (Å²) in [6.45, 7) is 0.411. The largest absolute Gasteiger partial charge is 0.416 e. The van der Waals surface area contributed by atoms with Crippen molar-refractivity contribution in [1.29, 1.82) is 0 Å². The number of halogens is 3. The molecule has 3 aromatic carbocycles. The molecule has 0 spiro atoms. The second-order valence-electron chi connectivity index (χ2n) is 8.07. The van der Waals surface area contributed by atoms with Gasteiger partial charge >= 0.3 is 6.18 Å². The van der Waals surface area contributed by atoms with Gasteiger partial charge in [-0.15, -0.1) is 0 Å². The number of hydrogen-bond donors (Lipinski definition) is 2. The molecule has 0 saturated carbocycles. The summed E-state index contributed by atoms with van der Waals surface area (Å²) in [5, 5.41) is 6.08. The maximum absolute atomic E-state index is 12.6. The molecule has 0 saturated heterocycles. The summed E-state index contributed by atoms with van der Waals surface area (Å²) < 4.78 is 37.9. The monoisotopic (exact) mass is 454 g/mol. The Labute approximate surface area is 193 Å². The van der Waals surface area contributed by atoms with Gasteiger partial charge in [-0.1, -0.05) is 55.3 Å². The Bertz CT molecular complexity index is 985. The number of carbonyl (C=O) groups excluding carboxylic acids is 1. The Hall–Kier alpha value is -3.28. The minimum atomic E-state index is -4.32. The predicted molar refractivity (Wildman–Crippen MR) is 127 cm³/mol. The number of nitrogens with one attached hydrogen (secondary N) is 2. The van der Waals surface area contributed by atoms with E-state index in [0.717, 1.165) is 61.2 Å². The van der Waals surface area contributed by atoms with Crippen LogP contribution in [-0.4, -0.2) is 5.91 Å². The number of alkyl halides is 3. The topological polar surface area (TPSA) is 41.1 Å². The van der Waals surface area contributed by atoms with E-state index < -0.39 is 11.7 Å². The maximum Gasteiger partial charge on any atom is 0.416 e. The van der Waals surface area contributed by atoms with E-state index in [-0.39, 0.29) is 5.91 Å². The highest BCUT2D eigenvalue weighted by Crippen LogP contribution is 2.29. The fraction of sp³-hybridized carbons (Fsp3) is 0.296. The minimum absolute atomic E-state index is 0.00326. The quantitative estimate of drug-likeness (QED) is 0.296. The lowest BCUT2D eigenvalue weighted by atomic mass is 10.1. The summed E-state index contributed by atoms with van der Waals surface area (Å²) in [7, 11) is 0. The van der Waals surface area contributed by atoms with Gasteiger partial charge < -0.3 is 10.6 Å². The fourth-order valence-electron chi connectivity index (χ4n) is 3.52. The third-order valence-corrected chi connectivity index (χ3v) is 5.41. The molecule has 1 amide bonds. The van der Waals surface area contributed by atoms with Crippen LogP contribution < -0.4 is 10.6 Å². The third-order valence-electron chi connectivity index (χ3n) is 5.41. The molecule has 3 aromatic rings. The first-order valence-electron chi connectivity index (χ1n) is 11.2. The number of benzene rings is 3. The van der Waals surface area contributed by atoms with Crippen LogP contribution in [0, 0.1) is 0 Å². The molecule has 3 rings (SSSR count). The molecule has 0 aliphatic rings. The minimum Gasteiger partial charge on any atom is -0.381 e. The highest BCUT2D eigenvalue weighted by atomic mass is 19.4. The average molecular weight is 455 g/mol. The Morgan fingerprint density at radius 2 is 1.33 bits per heavy atom. The Morgan fingerprint density at radius 1 is 0.697 bits per heavy atom. The van der Waals surface area contributed by atoms with Gasteiger partial charge in [-0.25, -0.2) is 0 Å². The number of hydrogen-bond acceptors (Lipinski definition) is 2. The van der Waals surface area contributed by atoms with Crippen LogP contribution in [0.1, 0.15) is 48.8 Å². The molecule has 33 heavy (non-hydrogen) atoms. The van der Waals surface area contributed by atoms with Gasteiger partial charge in [0.05, 0.1) is 5.56 Å². The highest BCUT2D eigenvalue weighted by Gasteiger charge is 2.29. The van der Waals surface area contributed by atoms with Crippen LogP contribution >= 0.6 is 0 Å². The molecule has 0 heterocycles. The van der Waals surface area contributed by atoms with Crippen LogP contribution in [-0.2, 0) is 23.9 Å². The summed E-state index contributed by atoms with van der Waals surface area (Å²) in [5.41, 5.74) is 3.01. The van der Waals surface area contributed by atoms with Crippen LogP contribution in [0.4, 0.5) is 24.5 Å². The lowest BCUT2D eigenvalue weighted by Gasteiger charge is -2.10. The van der Waals surface area contributed by atoms with Gasteiger partial charge in [0.1, 0.15) is 0 Å². The zero-order valence-electron chi connectivity index (χ0n) is 18.5.